The SMILES string of the molecule is CC(CCNC(C)c1ccccc1Br)c1ccccc1. The van der Waals surface area contributed by atoms with E-state index in [4.69, 9.17) is 0 Å². The van der Waals surface area contributed by atoms with Crippen LogP contribution in [0.15, 0.2) is 59.1 Å². The Morgan fingerprint density at radius 3 is 2.30 bits per heavy atom. The zero-order valence-corrected chi connectivity index (χ0v) is 13.7. The molecule has 0 aliphatic heterocycles. The van der Waals surface area contributed by atoms with E-state index < -0.39 is 0 Å². The van der Waals surface area contributed by atoms with Gasteiger partial charge in [-0.2, -0.15) is 0 Å². The topological polar surface area (TPSA) is 12.0 Å². The molecule has 0 aliphatic rings. The largest absolute Gasteiger partial charge is 0.310 e. The molecular formula is C18H22BrN. The molecule has 2 heteroatoms. The zero-order chi connectivity index (χ0) is 14.4. The van der Waals surface area contributed by atoms with E-state index in [0.29, 0.717) is 12.0 Å². The van der Waals surface area contributed by atoms with Crippen LogP contribution >= 0.6 is 15.9 Å². The van der Waals surface area contributed by atoms with Crippen LogP contribution in [0.2, 0.25) is 0 Å². The Labute approximate surface area is 130 Å². The van der Waals surface area contributed by atoms with Crippen molar-refractivity contribution in [3.05, 3.63) is 70.2 Å². The van der Waals surface area contributed by atoms with Crippen LogP contribution in [-0.2, 0) is 0 Å². The van der Waals surface area contributed by atoms with Gasteiger partial charge in [0.15, 0.2) is 0 Å². The number of nitrogens with one attached hydrogen (secondary N) is 1. The highest BCUT2D eigenvalue weighted by Crippen LogP contribution is 2.23. The number of hydrogen-bond acceptors (Lipinski definition) is 1. The molecule has 0 saturated heterocycles. The molecule has 106 valence electrons. The summed E-state index contributed by atoms with van der Waals surface area (Å²) in [6, 6.07) is 19.5. The normalized spacial score (nSPS) is 13.9. The number of halogens is 1. The van der Waals surface area contributed by atoms with E-state index in [1.165, 1.54) is 15.6 Å². The van der Waals surface area contributed by atoms with Crippen molar-refractivity contribution in [2.75, 3.05) is 6.54 Å². The van der Waals surface area contributed by atoms with Crippen molar-refractivity contribution in [2.45, 2.75) is 32.2 Å². The van der Waals surface area contributed by atoms with Crippen LogP contribution in [0.1, 0.15) is 43.4 Å². The summed E-state index contributed by atoms with van der Waals surface area (Å²) in [5.74, 6) is 0.593. The van der Waals surface area contributed by atoms with E-state index in [1.54, 1.807) is 0 Å². The lowest BCUT2D eigenvalue weighted by molar-refractivity contribution is 0.530. The van der Waals surface area contributed by atoms with Gasteiger partial charge >= 0.3 is 0 Å². The minimum Gasteiger partial charge on any atom is -0.310 e. The van der Waals surface area contributed by atoms with Gasteiger partial charge in [0, 0.05) is 10.5 Å². The maximum atomic E-state index is 3.61. The monoisotopic (exact) mass is 331 g/mol. The number of hydrogen-bond donors (Lipinski definition) is 1. The van der Waals surface area contributed by atoms with Gasteiger partial charge in [-0.1, -0.05) is 71.4 Å². The second-order valence-electron chi connectivity index (χ2n) is 5.30. The highest BCUT2D eigenvalue weighted by molar-refractivity contribution is 9.10. The fourth-order valence-corrected chi connectivity index (χ4v) is 3.03. The first-order valence-corrected chi connectivity index (χ1v) is 8.00. The highest BCUT2D eigenvalue weighted by Gasteiger charge is 2.09. The molecule has 0 amide bonds. The molecule has 0 saturated carbocycles. The first-order chi connectivity index (χ1) is 9.68. The number of benzene rings is 2. The summed E-state index contributed by atoms with van der Waals surface area (Å²) in [5, 5.41) is 3.61. The van der Waals surface area contributed by atoms with E-state index in [1.807, 2.05) is 0 Å². The Morgan fingerprint density at radius 2 is 1.60 bits per heavy atom. The highest BCUT2D eigenvalue weighted by atomic mass is 79.9. The van der Waals surface area contributed by atoms with Crippen molar-refractivity contribution in [3.63, 3.8) is 0 Å². The average Bonchev–Trinajstić information content (AvgIpc) is 2.48. The third-order valence-corrected chi connectivity index (χ3v) is 4.49. The van der Waals surface area contributed by atoms with Crippen molar-refractivity contribution in [1.82, 2.24) is 5.32 Å². The van der Waals surface area contributed by atoms with Crippen LogP contribution in [0.25, 0.3) is 0 Å². The van der Waals surface area contributed by atoms with Gasteiger partial charge in [-0.05, 0) is 43.0 Å². The summed E-state index contributed by atoms with van der Waals surface area (Å²) in [4.78, 5) is 0. The lowest BCUT2D eigenvalue weighted by Gasteiger charge is -2.18. The summed E-state index contributed by atoms with van der Waals surface area (Å²) >= 11 is 3.61. The molecule has 0 fully saturated rings. The van der Waals surface area contributed by atoms with Crippen LogP contribution in [0.5, 0.6) is 0 Å². The Hall–Kier alpha value is -1.12. The molecule has 0 spiro atoms. The predicted octanol–water partition coefficient (Wildman–Crippen LogP) is 5.29. The van der Waals surface area contributed by atoms with E-state index in [-0.39, 0.29) is 0 Å². The minimum atomic E-state index is 0.369. The number of rotatable bonds is 6. The van der Waals surface area contributed by atoms with Crippen molar-refractivity contribution < 1.29 is 0 Å². The molecule has 1 nitrogen and oxygen atoms in total. The minimum absolute atomic E-state index is 0.369. The predicted molar refractivity (Wildman–Crippen MR) is 90.0 cm³/mol. The molecule has 0 radical (unpaired) electrons. The third kappa shape index (κ3) is 4.19. The van der Waals surface area contributed by atoms with E-state index in [2.05, 4.69) is 89.7 Å². The molecule has 0 bridgehead atoms. The molecule has 2 aromatic carbocycles. The smallest absolute Gasteiger partial charge is 0.0302 e. The van der Waals surface area contributed by atoms with Crippen molar-refractivity contribution >= 4 is 15.9 Å². The van der Waals surface area contributed by atoms with Gasteiger partial charge in [0.05, 0.1) is 0 Å². The van der Waals surface area contributed by atoms with Gasteiger partial charge in [-0.25, -0.2) is 0 Å². The van der Waals surface area contributed by atoms with E-state index in [9.17, 15) is 0 Å². The van der Waals surface area contributed by atoms with Gasteiger partial charge in [0.2, 0.25) is 0 Å². The summed E-state index contributed by atoms with van der Waals surface area (Å²) in [5.41, 5.74) is 2.74. The Morgan fingerprint density at radius 1 is 0.950 bits per heavy atom. The second kappa shape index (κ2) is 7.61. The first-order valence-electron chi connectivity index (χ1n) is 7.21. The molecule has 2 rings (SSSR count). The summed E-state index contributed by atoms with van der Waals surface area (Å²) < 4.78 is 1.18. The lowest BCUT2D eigenvalue weighted by Crippen LogP contribution is -2.21. The zero-order valence-electron chi connectivity index (χ0n) is 12.1. The Kier molecular flexibility index (Phi) is 5.81. The fraction of sp³-hybridized carbons (Fsp3) is 0.333. The van der Waals surface area contributed by atoms with Gasteiger partial charge in [0.25, 0.3) is 0 Å². The maximum absolute atomic E-state index is 3.61. The van der Waals surface area contributed by atoms with E-state index >= 15 is 0 Å². The molecule has 20 heavy (non-hydrogen) atoms. The average molecular weight is 332 g/mol. The van der Waals surface area contributed by atoms with Crippen LogP contribution in [0, 0.1) is 0 Å². The third-order valence-electron chi connectivity index (χ3n) is 3.77. The van der Waals surface area contributed by atoms with Gasteiger partial charge in [-0.15, -0.1) is 0 Å². The Bertz CT molecular complexity index is 524. The molecule has 0 heterocycles. The molecule has 2 unspecified atom stereocenters. The quantitative estimate of drug-likeness (QED) is 0.757. The maximum Gasteiger partial charge on any atom is 0.0302 e. The molecule has 2 aromatic rings. The molecule has 1 N–H and O–H groups in total. The first kappa shape index (κ1) is 15.3. The van der Waals surface area contributed by atoms with Crippen molar-refractivity contribution in [3.8, 4) is 0 Å². The second-order valence-corrected chi connectivity index (χ2v) is 6.15. The lowest BCUT2D eigenvalue weighted by atomic mass is 9.98. The van der Waals surface area contributed by atoms with Crippen LogP contribution in [0.3, 0.4) is 0 Å². The van der Waals surface area contributed by atoms with Gasteiger partial charge in [0.1, 0.15) is 0 Å². The van der Waals surface area contributed by atoms with Gasteiger partial charge < -0.3 is 5.32 Å². The summed E-state index contributed by atoms with van der Waals surface area (Å²) in [6.45, 7) is 5.53. The van der Waals surface area contributed by atoms with Crippen molar-refractivity contribution in [2.24, 2.45) is 0 Å². The van der Waals surface area contributed by atoms with Crippen LogP contribution in [-0.4, -0.2) is 6.54 Å². The fourth-order valence-electron chi connectivity index (χ4n) is 2.40. The summed E-state index contributed by atoms with van der Waals surface area (Å²) in [7, 11) is 0. The van der Waals surface area contributed by atoms with Gasteiger partial charge in [-0.3, -0.25) is 0 Å². The Balaban J connectivity index is 1.83. The molecule has 0 aliphatic carbocycles. The van der Waals surface area contributed by atoms with E-state index in [0.717, 1.165) is 13.0 Å². The standard InChI is InChI=1S/C18H22BrN/c1-14(16-8-4-3-5-9-16)12-13-20-15(2)17-10-6-7-11-18(17)19/h3-11,14-15,20H,12-13H2,1-2H3. The molecular weight excluding hydrogens is 310 g/mol. The van der Waals surface area contributed by atoms with Crippen molar-refractivity contribution in [1.29, 1.82) is 0 Å². The van der Waals surface area contributed by atoms with Crippen LogP contribution in [0.4, 0.5) is 0 Å². The molecule has 2 atom stereocenters. The summed E-state index contributed by atoms with van der Waals surface area (Å²) in [6.07, 6.45) is 1.15. The van der Waals surface area contributed by atoms with Crippen LogP contribution < -0.4 is 5.32 Å². The molecule has 0 aromatic heterocycles.